The van der Waals surface area contributed by atoms with Gasteiger partial charge in [0.25, 0.3) is 0 Å². The van der Waals surface area contributed by atoms with Gasteiger partial charge in [-0.1, -0.05) is 50.5 Å². The smallest absolute Gasteiger partial charge is 0.332 e. The molecule has 1 aliphatic heterocycles. The third-order valence-electron chi connectivity index (χ3n) is 5.05. The number of hydrogen-bond donors (Lipinski definition) is 2. The number of carboxylic acid groups (broad SMARTS) is 1. The molecule has 2 aliphatic rings. The molecular formula is C20H30O5. The van der Waals surface area contributed by atoms with Crippen LogP contribution in [0.4, 0.5) is 0 Å². The van der Waals surface area contributed by atoms with E-state index in [0.29, 0.717) is 12.8 Å². The number of carbonyl (C=O) groups excluding carboxylic acids is 1. The molecule has 0 bridgehead atoms. The van der Waals surface area contributed by atoms with Gasteiger partial charge >= 0.3 is 5.97 Å². The SMILES string of the molecule is CCCCCC/C=C/[C@H]1C2OC2C(=O)[C@@H]1C/C=C\CCC(O)C(=O)O. The molecule has 2 fully saturated rings. The molecule has 3 unspecified atom stereocenters. The summed E-state index contributed by atoms with van der Waals surface area (Å²) in [7, 11) is 0. The second kappa shape index (κ2) is 9.88. The Bertz CT molecular complexity index is 510. The number of aliphatic hydroxyl groups excluding tert-OH is 1. The van der Waals surface area contributed by atoms with Crippen LogP contribution in [-0.2, 0) is 14.3 Å². The van der Waals surface area contributed by atoms with Gasteiger partial charge in [0.1, 0.15) is 6.10 Å². The van der Waals surface area contributed by atoms with Gasteiger partial charge in [-0.25, -0.2) is 4.79 Å². The molecule has 2 rings (SSSR count). The van der Waals surface area contributed by atoms with Crippen molar-refractivity contribution >= 4 is 11.8 Å². The van der Waals surface area contributed by atoms with Crippen LogP contribution < -0.4 is 0 Å². The number of carbonyl (C=O) groups is 2. The molecule has 1 heterocycles. The molecule has 0 amide bonds. The Balaban J connectivity index is 1.75. The predicted octanol–water partition coefficient (Wildman–Crippen LogP) is 3.27. The van der Waals surface area contributed by atoms with E-state index in [1.807, 2.05) is 12.2 Å². The van der Waals surface area contributed by atoms with Crippen molar-refractivity contribution < 1.29 is 24.5 Å². The number of carboxylic acids is 1. The van der Waals surface area contributed by atoms with Crippen LogP contribution in [0.25, 0.3) is 0 Å². The number of rotatable bonds is 12. The summed E-state index contributed by atoms with van der Waals surface area (Å²) in [6.45, 7) is 2.20. The Morgan fingerprint density at radius 2 is 2.00 bits per heavy atom. The van der Waals surface area contributed by atoms with E-state index >= 15 is 0 Å². The average Bonchev–Trinajstić information content (AvgIpc) is 3.33. The normalized spacial score (nSPS) is 29.4. The number of aliphatic hydroxyl groups is 1. The number of ether oxygens (including phenoxy) is 1. The van der Waals surface area contributed by atoms with Crippen molar-refractivity contribution in [3.8, 4) is 0 Å². The summed E-state index contributed by atoms with van der Waals surface area (Å²) in [5.74, 6) is -0.865. The van der Waals surface area contributed by atoms with Gasteiger partial charge in [-0.2, -0.15) is 0 Å². The highest BCUT2D eigenvalue weighted by atomic mass is 16.6. The molecule has 0 aromatic rings. The van der Waals surface area contributed by atoms with Crippen LogP contribution in [0.2, 0.25) is 0 Å². The molecule has 5 heteroatoms. The molecule has 0 spiro atoms. The minimum atomic E-state index is -1.32. The standard InChI is InChI=1S/C20H30O5/c1-2-3-4-5-6-8-12-15-14(17(22)19-18(15)25-19)11-9-7-10-13-16(21)20(23)24/h7-9,12,14-16,18-19,21H,2-6,10-11,13H2,1H3,(H,23,24)/b9-7-,12-8+/t14-,15-,16?,18?,19?/m1/s1. The number of hydrogen-bond acceptors (Lipinski definition) is 4. The molecule has 0 aromatic carbocycles. The first-order valence-corrected chi connectivity index (χ1v) is 9.48. The summed E-state index contributed by atoms with van der Waals surface area (Å²) < 4.78 is 5.47. The van der Waals surface area contributed by atoms with Crippen molar-refractivity contribution in [3.63, 3.8) is 0 Å². The zero-order chi connectivity index (χ0) is 18.2. The Morgan fingerprint density at radius 1 is 1.20 bits per heavy atom. The summed E-state index contributed by atoms with van der Waals surface area (Å²) in [5, 5.41) is 17.8. The minimum absolute atomic E-state index is 0.0312. The molecule has 2 N–H and O–H groups in total. The third-order valence-corrected chi connectivity index (χ3v) is 5.05. The van der Waals surface area contributed by atoms with Crippen LogP contribution in [0.5, 0.6) is 0 Å². The molecular weight excluding hydrogens is 320 g/mol. The molecule has 0 radical (unpaired) electrons. The van der Waals surface area contributed by atoms with E-state index in [9.17, 15) is 14.7 Å². The number of aliphatic carboxylic acids is 1. The molecule has 140 valence electrons. The summed E-state index contributed by atoms with van der Waals surface area (Å²) in [6.07, 6.45) is 14.0. The van der Waals surface area contributed by atoms with Crippen LogP contribution in [-0.4, -0.2) is 40.3 Å². The number of ketones is 1. The first-order chi connectivity index (χ1) is 12.1. The van der Waals surface area contributed by atoms with Crippen molar-refractivity contribution in [1.82, 2.24) is 0 Å². The fraction of sp³-hybridized carbons (Fsp3) is 0.700. The second-order valence-electron chi connectivity index (χ2n) is 7.02. The lowest BCUT2D eigenvalue weighted by atomic mass is 9.90. The Hall–Kier alpha value is -1.46. The fourth-order valence-electron chi connectivity index (χ4n) is 3.47. The molecule has 1 saturated heterocycles. The highest BCUT2D eigenvalue weighted by Crippen LogP contribution is 2.46. The van der Waals surface area contributed by atoms with E-state index in [2.05, 4.69) is 19.1 Å². The number of unbranched alkanes of at least 4 members (excludes halogenated alkanes) is 4. The van der Waals surface area contributed by atoms with Crippen LogP contribution in [0.1, 0.15) is 58.3 Å². The van der Waals surface area contributed by atoms with Gasteiger partial charge in [0.05, 0.1) is 6.10 Å². The van der Waals surface area contributed by atoms with Crippen LogP contribution in [0.3, 0.4) is 0 Å². The van der Waals surface area contributed by atoms with Crippen molar-refractivity contribution in [2.75, 3.05) is 0 Å². The lowest BCUT2D eigenvalue weighted by molar-refractivity contribution is -0.146. The summed E-state index contributed by atoms with van der Waals surface area (Å²) in [6, 6.07) is 0. The van der Waals surface area contributed by atoms with Gasteiger partial charge in [-0.3, -0.25) is 4.79 Å². The first-order valence-electron chi connectivity index (χ1n) is 9.48. The Kier molecular flexibility index (Phi) is 7.85. The van der Waals surface area contributed by atoms with Crippen molar-refractivity contribution in [3.05, 3.63) is 24.3 Å². The van der Waals surface area contributed by atoms with E-state index < -0.39 is 12.1 Å². The maximum absolute atomic E-state index is 12.3. The number of fused-ring (bicyclic) bond motifs is 1. The maximum Gasteiger partial charge on any atom is 0.332 e. The van der Waals surface area contributed by atoms with Crippen molar-refractivity contribution in [2.24, 2.45) is 11.8 Å². The predicted molar refractivity (Wildman–Crippen MR) is 95.2 cm³/mol. The summed E-state index contributed by atoms with van der Waals surface area (Å²) in [5.41, 5.74) is 0. The lowest BCUT2D eigenvalue weighted by Crippen LogP contribution is -2.20. The zero-order valence-corrected chi connectivity index (χ0v) is 15.0. The van der Waals surface area contributed by atoms with Crippen molar-refractivity contribution in [1.29, 1.82) is 0 Å². The van der Waals surface area contributed by atoms with E-state index in [-0.39, 0.29) is 36.2 Å². The quantitative estimate of drug-likeness (QED) is 0.320. The first kappa shape index (κ1) is 19.9. The van der Waals surface area contributed by atoms with Crippen LogP contribution >= 0.6 is 0 Å². The maximum atomic E-state index is 12.3. The fourth-order valence-corrected chi connectivity index (χ4v) is 3.47. The lowest BCUT2D eigenvalue weighted by Gasteiger charge is -2.15. The third kappa shape index (κ3) is 5.79. The second-order valence-corrected chi connectivity index (χ2v) is 7.02. The highest BCUT2D eigenvalue weighted by Gasteiger charge is 2.60. The van der Waals surface area contributed by atoms with E-state index in [0.717, 1.165) is 6.42 Å². The van der Waals surface area contributed by atoms with E-state index in [1.165, 1.54) is 25.7 Å². The molecule has 0 aromatic heterocycles. The molecule has 25 heavy (non-hydrogen) atoms. The Labute approximate surface area is 149 Å². The molecule has 5 atom stereocenters. The number of epoxide rings is 1. The highest BCUT2D eigenvalue weighted by molar-refractivity contribution is 5.92. The largest absolute Gasteiger partial charge is 0.479 e. The van der Waals surface area contributed by atoms with Gasteiger partial charge in [0, 0.05) is 11.8 Å². The van der Waals surface area contributed by atoms with Crippen molar-refractivity contribution in [2.45, 2.75) is 76.6 Å². The van der Waals surface area contributed by atoms with E-state index in [4.69, 9.17) is 9.84 Å². The zero-order valence-electron chi connectivity index (χ0n) is 15.0. The van der Waals surface area contributed by atoms with Gasteiger partial charge in [-0.15, -0.1) is 0 Å². The Morgan fingerprint density at radius 3 is 2.72 bits per heavy atom. The average molecular weight is 350 g/mol. The minimum Gasteiger partial charge on any atom is -0.479 e. The van der Waals surface area contributed by atoms with Gasteiger partial charge in [0.15, 0.2) is 11.9 Å². The molecule has 1 saturated carbocycles. The summed E-state index contributed by atoms with van der Waals surface area (Å²) in [4.78, 5) is 22.8. The topological polar surface area (TPSA) is 87.1 Å². The number of allylic oxidation sites excluding steroid dienone is 3. The van der Waals surface area contributed by atoms with Gasteiger partial charge in [0.2, 0.25) is 0 Å². The van der Waals surface area contributed by atoms with E-state index in [1.54, 1.807) is 0 Å². The molecule has 1 aliphatic carbocycles. The monoisotopic (exact) mass is 350 g/mol. The van der Waals surface area contributed by atoms with Gasteiger partial charge < -0.3 is 14.9 Å². The molecule has 5 nitrogen and oxygen atoms in total. The van der Waals surface area contributed by atoms with Crippen LogP contribution in [0.15, 0.2) is 24.3 Å². The summed E-state index contributed by atoms with van der Waals surface area (Å²) >= 11 is 0. The van der Waals surface area contributed by atoms with Gasteiger partial charge in [-0.05, 0) is 32.1 Å². The number of Topliss-reactive ketones (excluding diaryl/α,β-unsaturated/α-hetero) is 1. The van der Waals surface area contributed by atoms with Crippen LogP contribution in [0, 0.1) is 11.8 Å².